The first-order valence-electron chi connectivity index (χ1n) is 11.2. The molecule has 2 aromatic carbocycles. The molecular formula is C27H31N3O3. The van der Waals surface area contributed by atoms with Crippen LogP contribution in [0.1, 0.15) is 23.8 Å². The van der Waals surface area contributed by atoms with Gasteiger partial charge in [0.25, 0.3) is 0 Å². The monoisotopic (exact) mass is 445 g/mol. The zero-order valence-corrected chi connectivity index (χ0v) is 19.1. The van der Waals surface area contributed by atoms with E-state index in [9.17, 15) is 9.59 Å². The van der Waals surface area contributed by atoms with Crippen LogP contribution in [0.25, 0.3) is 0 Å². The Hall–Kier alpha value is -3.80. The first-order chi connectivity index (χ1) is 16.1. The summed E-state index contributed by atoms with van der Waals surface area (Å²) in [5.41, 5.74) is 2.94. The molecule has 1 aromatic heterocycles. The Kier molecular flexibility index (Phi) is 8.88. The number of hydrogen-bond donors (Lipinski definition) is 1. The second-order valence-corrected chi connectivity index (χ2v) is 7.74. The average Bonchev–Trinajstić information content (AvgIpc) is 3.35. The topological polar surface area (TPSA) is 65.8 Å². The molecule has 0 bridgehead atoms. The second-order valence-electron chi connectivity index (χ2n) is 7.74. The van der Waals surface area contributed by atoms with Crippen molar-refractivity contribution in [2.45, 2.75) is 26.3 Å². The van der Waals surface area contributed by atoms with Crippen LogP contribution in [0, 0.1) is 0 Å². The van der Waals surface area contributed by atoms with Crippen LogP contribution in [0.2, 0.25) is 0 Å². The molecule has 1 heterocycles. The first-order valence-corrected chi connectivity index (χ1v) is 11.2. The fraction of sp³-hybridized carbons (Fsp3) is 0.259. The van der Waals surface area contributed by atoms with E-state index in [1.165, 1.54) is 4.90 Å². The number of aryl methyl sites for hydroxylation is 1. The highest BCUT2D eigenvalue weighted by Crippen LogP contribution is 2.16. The summed E-state index contributed by atoms with van der Waals surface area (Å²) in [4.78, 5) is 29.5. The number of hydrogen-bond acceptors (Lipinski definition) is 3. The highest BCUT2D eigenvalue weighted by molar-refractivity contribution is 5.93. The van der Waals surface area contributed by atoms with Gasteiger partial charge in [-0.2, -0.15) is 0 Å². The van der Waals surface area contributed by atoms with Crippen LogP contribution in [0.3, 0.4) is 0 Å². The molecule has 0 aliphatic heterocycles. The van der Waals surface area contributed by atoms with Crippen molar-refractivity contribution >= 4 is 17.6 Å². The Morgan fingerprint density at radius 2 is 1.76 bits per heavy atom. The molecule has 0 aliphatic rings. The molecule has 6 nitrogen and oxygen atoms in total. The molecule has 1 N–H and O–H groups in total. The normalized spacial score (nSPS) is 10.5. The summed E-state index contributed by atoms with van der Waals surface area (Å²) in [6.07, 6.45) is 4.73. The van der Waals surface area contributed by atoms with Gasteiger partial charge < -0.3 is 19.5 Å². The molecule has 0 fully saturated rings. The third kappa shape index (κ3) is 7.10. The summed E-state index contributed by atoms with van der Waals surface area (Å²) in [7, 11) is 0. The lowest BCUT2D eigenvalue weighted by atomic mass is 10.1. The van der Waals surface area contributed by atoms with Gasteiger partial charge in [-0.3, -0.25) is 4.79 Å². The summed E-state index contributed by atoms with van der Waals surface area (Å²) < 4.78 is 5.47. The van der Waals surface area contributed by atoms with Gasteiger partial charge in [-0.25, -0.2) is 4.79 Å². The standard InChI is InChI=1S/C27H31N3O3/c1-3-17-30(27(32)28-25-15-9-8-13-23(25)4-2)21-26(31)29(20-24-14-10-19-33-24)18-16-22-11-6-5-7-12-22/h3,5-15,19H,1,4,16-18,20-21H2,2H3,(H,28,32). The van der Waals surface area contributed by atoms with Crippen molar-refractivity contribution in [2.24, 2.45) is 0 Å². The molecule has 3 rings (SSSR count). The van der Waals surface area contributed by atoms with Gasteiger partial charge in [-0.15, -0.1) is 6.58 Å². The van der Waals surface area contributed by atoms with Gasteiger partial charge in [0.1, 0.15) is 12.3 Å². The van der Waals surface area contributed by atoms with Crippen LogP contribution in [-0.2, 0) is 24.2 Å². The number of urea groups is 1. The molecule has 0 saturated heterocycles. The van der Waals surface area contributed by atoms with Gasteiger partial charge in [0.15, 0.2) is 0 Å². The molecular weight excluding hydrogens is 414 g/mol. The fourth-order valence-electron chi connectivity index (χ4n) is 3.57. The molecule has 0 unspecified atom stereocenters. The minimum absolute atomic E-state index is 0.0539. The van der Waals surface area contributed by atoms with E-state index in [1.807, 2.05) is 67.6 Å². The number of para-hydroxylation sites is 1. The minimum atomic E-state index is -0.329. The zero-order chi connectivity index (χ0) is 23.5. The quantitative estimate of drug-likeness (QED) is 0.416. The number of benzene rings is 2. The van der Waals surface area contributed by atoms with Crippen LogP contribution in [0.15, 0.2) is 90.1 Å². The van der Waals surface area contributed by atoms with E-state index >= 15 is 0 Å². The summed E-state index contributed by atoms with van der Waals surface area (Å²) in [6.45, 7) is 6.86. The molecule has 0 saturated carbocycles. The lowest BCUT2D eigenvalue weighted by molar-refractivity contribution is -0.132. The maximum atomic E-state index is 13.3. The van der Waals surface area contributed by atoms with Crippen molar-refractivity contribution in [3.63, 3.8) is 0 Å². The molecule has 3 aromatic rings. The Balaban J connectivity index is 1.70. The van der Waals surface area contributed by atoms with Gasteiger partial charge in [-0.1, -0.05) is 61.5 Å². The number of carbonyl (C=O) groups excluding carboxylic acids is 2. The third-order valence-electron chi connectivity index (χ3n) is 5.40. The Bertz CT molecular complexity index is 1030. The third-order valence-corrected chi connectivity index (χ3v) is 5.40. The SMILES string of the molecule is C=CCN(CC(=O)N(CCc1ccccc1)Cc1ccco1)C(=O)Nc1ccccc1CC. The number of amides is 3. The van der Waals surface area contributed by atoms with Gasteiger partial charge in [0.2, 0.25) is 5.91 Å². The molecule has 6 heteroatoms. The fourth-order valence-corrected chi connectivity index (χ4v) is 3.57. The molecule has 0 atom stereocenters. The van der Waals surface area contributed by atoms with Gasteiger partial charge in [-0.05, 0) is 42.2 Å². The summed E-state index contributed by atoms with van der Waals surface area (Å²) >= 11 is 0. The van der Waals surface area contributed by atoms with Crippen LogP contribution in [0.5, 0.6) is 0 Å². The predicted octanol–water partition coefficient (Wildman–Crippen LogP) is 5.13. The van der Waals surface area contributed by atoms with Crippen molar-refractivity contribution < 1.29 is 14.0 Å². The number of rotatable bonds is 11. The molecule has 0 radical (unpaired) electrons. The van der Waals surface area contributed by atoms with E-state index in [0.717, 1.165) is 23.2 Å². The lowest BCUT2D eigenvalue weighted by Gasteiger charge is -2.27. The van der Waals surface area contributed by atoms with Crippen molar-refractivity contribution in [2.75, 3.05) is 25.0 Å². The van der Waals surface area contributed by atoms with Gasteiger partial charge >= 0.3 is 6.03 Å². The Labute approximate surface area is 195 Å². The maximum Gasteiger partial charge on any atom is 0.322 e. The van der Waals surface area contributed by atoms with Crippen molar-refractivity contribution in [1.82, 2.24) is 9.80 Å². The van der Waals surface area contributed by atoms with Crippen molar-refractivity contribution in [3.8, 4) is 0 Å². The van der Waals surface area contributed by atoms with Gasteiger partial charge in [0, 0.05) is 18.8 Å². The van der Waals surface area contributed by atoms with Crippen molar-refractivity contribution in [3.05, 3.63) is 103 Å². The molecule has 172 valence electrons. The first kappa shape index (κ1) is 23.9. The number of anilines is 1. The smallest absolute Gasteiger partial charge is 0.322 e. The number of carbonyl (C=O) groups is 2. The zero-order valence-electron chi connectivity index (χ0n) is 19.1. The van der Waals surface area contributed by atoms with E-state index in [1.54, 1.807) is 23.3 Å². The van der Waals surface area contributed by atoms with Crippen LogP contribution >= 0.6 is 0 Å². The summed E-state index contributed by atoms with van der Waals surface area (Å²) in [5, 5.41) is 2.94. The number of nitrogens with zero attached hydrogens (tertiary/aromatic N) is 2. The molecule has 0 spiro atoms. The van der Waals surface area contributed by atoms with Crippen LogP contribution in [-0.4, -0.2) is 41.4 Å². The van der Waals surface area contributed by atoms with E-state index in [0.29, 0.717) is 25.3 Å². The Morgan fingerprint density at radius 3 is 2.45 bits per heavy atom. The molecule has 0 aliphatic carbocycles. The maximum absolute atomic E-state index is 13.3. The number of nitrogens with one attached hydrogen (secondary N) is 1. The molecule has 33 heavy (non-hydrogen) atoms. The van der Waals surface area contributed by atoms with Crippen molar-refractivity contribution in [1.29, 1.82) is 0 Å². The summed E-state index contributed by atoms with van der Waals surface area (Å²) in [5.74, 6) is 0.552. The van der Waals surface area contributed by atoms with E-state index < -0.39 is 0 Å². The Morgan fingerprint density at radius 1 is 1.00 bits per heavy atom. The van der Waals surface area contributed by atoms with Gasteiger partial charge in [0.05, 0.1) is 12.8 Å². The average molecular weight is 446 g/mol. The molecule has 3 amide bonds. The lowest BCUT2D eigenvalue weighted by Crippen LogP contribution is -2.45. The number of furan rings is 1. The van der Waals surface area contributed by atoms with Crippen LogP contribution < -0.4 is 5.32 Å². The van der Waals surface area contributed by atoms with Crippen LogP contribution in [0.4, 0.5) is 10.5 Å². The predicted molar refractivity (Wildman–Crippen MR) is 131 cm³/mol. The minimum Gasteiger partial charge on any atom is -0.467 e. The second kappa shape index (κ2) is 12.3. The highest BCUT2D eigenvalue weighted by Gasteiger charge is 2.22. The largest absolute Gasteiger partial charge is 0.467 e. The van der Waals surface area contributed by atoms with E-state index in [4.69, 9.17) is 4.42 Å². The van der Waals surface area contributed by atoms with E-state index in [-0.39, 0.29) is 25.0 Å². The van der Waals surface area contributed by atoms with E-state index in [2.05, 4.69) is 11.9 Å². The summed E-state index contributed by atoms with van der Waals surface area (Å²) in [6, 6.07) is 21.0. The highest BCUT2D eigenvalue weighted by atomic mass is 16.3.